The van der Waals surface area contributed by atoms with Crippen molar-refractivity contribution in [2.75, 3.05) is 18.5 Å². The van der Waals surface area contributed by atoms with Gasteiger partial charge in [0, 0.05) is 18.8 Å². The second-order valence-electron chi connectivity index (χ2n) is 8.12. The van der Waals surface area contributed by atoms with Crippen molar-refractivity contribution in [1.82, 2.24) is 14.7 Å². The average molecular weight is 437 g/mol. The zero-order chi connectivity index (χ0) is 21.4. The molecule has 1 fully saturated rings. The van der Waals surface area contributed by atoms with E-state index in [1.165, 1.54) is 0 Å². The number of aromatic nitrogens is 2. The van der Waals surface area contributed by atoms with Crippen LogP contribution < -0.4 is 5.32 Å². The Balaban J connectivity index is 1.52. The standard InChI is InChI=1S/C24H25ClN4O2/c1-16-21(22(25)29(27-16)14-17-8-3-2-4-9-17)23-26-20-12-6-5-11-19(20)24(30)28(23)15-18-10-7-13-31-18/h2-6,8-9,11-12,18,23,26H,7,10,13-15H2,1H3/t18-,23-/m1/s1. The molecule has 0 radical (unpaired) electrons. The van der Waals surface area contributed by atoms with E-state index in [-0.39, 0.29) is 12.0 Å². The van der Waals surface area contributed by atoms with Crippen molar-refractivity contribution in [3.63, 3.8) is 0 Å². The first-order valence-corrected chi connectivity index (χ1v) is 11.0. The third-order valence-electron chi connectivity index (χ3n) is 6.00. The van der Waals surface area contributed by atoms with Gasteiger partial charge >= 0.3 is 0 Å². The van der Waals surface area contributed by atoms with E-state index in [1.807, 2.05) is 54.3 Å². The number of rotatable bonds is 5. The lowest BCUT2D eigenvalue weighted by Crippen LogP contribution is -2.46. The maximum Gasteiger partial charge on any atom is 0.257 e. The predicted molar refractivity (Wildman–Crippen MR) is 120 cm³/mol. The molecule has 0 unspecified atom stereocenters. The Hall–Kier alpha value is -2.83. The van der Waals surface area contributed by atoms with Gasteiger partial charge < -0.3 is 15.0 Å². The molecule has 1 N–H and O–H groups in total. The van der Waals surface area contributed by atoms with Crippen molar-refractivity contribution in [3.8, 4) is 0 Å². The molecular formula is C24H25ClN4O2. The van der Waals surface area contributed by atoms with Crippen molar-refractivity contribution in [1.29, 1.82) is 0 Å². The number of hydrogen-bond donors (Lipinski definition) is 1. The van der Waals surface area contributed by atoms with Crippen LogP contribution in [0.1, 0.15) is 46.2 Å². The monoisotopic (exact) mass is 436 g/mol. The SMILES string of the molecule is Cc1nn(Cc2ccccc2)c(Cl)c1[C@@H]1Nc2ccccc2C(=O)N1C[C@H]1CCCO1. The minimum absolute atomic E-state index is 0.0128. The topological polar surface area (TPSA) is 59.4 Å². The number of ether oxygens (including phenoxy) is 1. The van der Waals surface area contributed by atoms with Crippen LogP contribution in [-0.4, -0.2) is 39.8 Å². The van der Waals surface area contributed by atoms with E-state index in [0.29, 0.717) is 23.8 Å². The summed E-state index contributed by atoms with van der Waals surface area (Å²) in [5.41, 5.74) is 4.24. The molecule has 1 saturated heterocycles. The summed E-state index contributed by atoms with van der Waals surface area (Å²) in [7, 11) is 0. The summed E-state index contributed by atoms with van der Waals surface area (Å²) in [6, 6.07) is 17.7. The highest BCUT2D eigenvalue weighted by Crippen LogP contribution is 2.38. The van der Waals surface area contributed by atoms with Crippen LogP contribution in [0.4, 0.5) is 5.69 Å². The second-order valence-corrected chi connectivity index (χ2v) is 8.48. The third-order valence-corrected chi connectivity index (χ3v) is 6.40. The molecule has 0 aliphatic carbocycles. The van der Waals surface area contributed by atoms with Crippen LogP contribution in [0.15, 0.2) is 54.6 Å². The first-order valence-electron chi connectivity index (χ1n) is 10.7. The molecule has 2 aliphatic rings. The first-order chi connectivity index (χ1) is 15.1. The number of fused-ring (bicyclic) bond motifs is 1. The van der Waals surface area contributed by atoms with Crippen LogP contribution >= 0.6 is 11.6 Å². The van der Waals surface area contributed by atoms with Crippen molar-refractivity contribution in [3.05, 3.63) is 82.1 Å². The van der Waals surface area contributed by atoms with E-state index in [9.17, 15) is 4.79 Å². The lowest BCUT2D eigenvalue weighted by atomic mass is 10.0. The van der Waals surface area contributed by atoms with Gasteiger partial charge in [0.05, 0.1) is 29.5 Å². The maximum atomic E-state index is 13.5. The molecule has 1 amide bonds. The van der Waals surface area contributed by atoms with Crippen molar-refractivity contribution >= 4 is 23.2 Å². The summed E-state index contributed by atoms with van der Waals surface area (Å²) in [5, 5.41) is 8.79. The summed E-state index contributed by atoms with van der Waals surface area (Å²) in [4.78, 5) is 15.3. The molecule has 7 heteroatoms. The molecule has 3 aromatic rings. The van der Waals surface area contributed by atoms with Gasteiger partial charge in [-0.3, -0.25) is 4.79 Å². The molecule has 2 aromatic carbocycles. The zero-order valence-corrected chi connectivity index (χ0v) is 18.2. The van der Waals surface area contributed by atoms with Gasteiger partial charge in [-0.1, -0.05) is 54.1 Å². The maximum absolute atomic E-state index is 13.5. The number of aryl methyl sites for hydroxylation is 1. The van der Waals surface area contributed by atoms with E-state index in [1.54, 1.807) is 4.68 Å². The fourth-order valence-corrected chi connectivity index (χ4v) is 4.79. The van der Waals surface area contributed by atoms with Crippen LogP contribution in [0.3, 0.4) is 0 Å². The van der Waals surface area contributed by atoms with Crippen LogP contribution in [0, 0.1) is 6.92 Å². The predicted octanol–water partition coefficient (Wildman–Crippen LogP) is 4.64. The Bertz CT molecular complexity index is 1090. The zero-order valence-electron chi connectivity index (χ0n) is 17.4. The Morgan fingerprint density at radius 1 is 1.16 bits per heavy atom. The second kappa shape index (κ2) is 8.36. The Labute approximate surface area is 186 Å². The number of anilines is 1. The number of amides is 1. The molecular weight excluding hydrogens is 412 g/mol. The number of para-hydroxylation sites is 1. The smallest absolute Gasteiger partial charge is 0.257 e. The van der Waals surface area contributed by atoms with Gasteiger partial charge in [-0.05, 0) is 37.5 Å². The molecule has 31 heavy (non-hydrogen) atoms. The Morgan fingerprint density at radius 2 is 1.94 bits per heavy atom. The number of halogens is 1. The van der Waals surface area contributed by atoms with Crippen LogP contribution in [0.5, 0.6) is 0 Å². The summed E-state index contributed by atoms with van der Waals surface area (Å²) >= 11 is 6.86. The largest absolute Gasteiger partial charge is 0.376 e. The molecule has 0 spiro atoms. The number of carbonyl (C=O) groups excluding carboxylic acids is 1. The minimum Gasteiger partial charge on any atom is -0.376 e. The number of nitrogens with one attached hydrogen (secondary N) is 1. The summed E-state index contributed by atoms with van der Waals surface area (Å²) in [6.45, 7) is 3.78. The van der Waals surface area contributed by atoms with Gasteiger partial charge in [0.1, 0.15) is 11.3 Å². The van der Waals surface area contributed by atoms with Gasteiger partial charge in [-0.2, -0.15) is 5.10 Å². The normalized spacial score (nSPS) is 20.6. The molecule has 3 heterocycles. The lowest BCUT2D eigenvalue weighted by Gasteiger charge is -2.39. The Morgan fingerprint density at radius 3 is 2.71 bits per heavy atom. The van der Waals surface area contributed by atoms with Crippen LogP contribution in [0.2, 0.25) is 5.15 Å². The van der Waals surface area contributed by atoms with E-state index >= 15 is 0 Å². The van der Waals surface area contributed by atoms with Gasteiger partial charge in [0.25, 0.3) is 5.91 Å². The van der Waals surface area contributed by atoms with Crippen LogP contribution in [0.25, 0.3) is 0 Å². The first kappa shape index (κ1) is 20.1. The molecule has 0 saturated carbocycles. The van der Waals surface area contributed by atoms with Crippen LogP contribution in [-0.2, 0) is 11.3 Å². The van der Waals surface area contributed by atoms with Crippen molar-refractivity contribution in [2.45, 2.75) is 38.6 Å². The number of nitrogens with zero attached hydrogens (tertiary/aromatic N) is 3. The fraction of sp³-hybridized carbons (Fsp3) is 0.333. The minimum atomic E-state index is -0.399. The summed E-state index contributed by atoms with van der Waals surface area (Å²) in [5.74, 6) is -0.0128. The van der Waals surface area contributed by atoms with E-state index in [2.05, 4.69) is 17.4 Å². The summed E-state index contributed by atoms with van der Waals surface area (Å²) < 4.78 is 7.65. The number of hydrogen-bond acceptors (Lipinski definition) is 4. The highest BCUT2D eigenvalue weighted by atomic mass is 35.5. The van der Waals surface area contributed by atoms with E-state index < -0.39 is 6.17 Å². The van der Waals surface area contributed by atoms with Gasteiger partial charge in [-0.15, -0.1) is 0 Å². The highest BCUT2D eigenvalue weighted by Gasteiger charge is 2.38. The fourth-order valence-electron chi connectivity index (χ4n) is 4.46. The molecule has 2 aliphatic heterocycles. The van der Waals surface area contributed by atoms with Gasteiger partial charge in [-0.25, -0.2) is 4.68 Å². The lowest BCUT2D eigenvalue weighted by molar-refractivity contribution is 0.0426. The average Bonchev–Trinajstić information content (AvgIpc) is 3.39. The number of benzene rings is 2. The molecule has 1 aromatic heterocycles. The molecule has 0 bridgehead atoms. The molecule has 160 valence electrons. The van der Waals surface area contributed by atoms with Gasteiger partial charge in [0.2, 0.25) is 0 Å². The quantitative estimate of drug-likeness (QED) is 0.633. The molecule has 2 atom stereocenters. The van der Waals surface area contributed by atoms with Crippen molar-refractivity contribution < 1.29 is 9.53 Å². The van der Waals surface area contributed by atoms with Gasteiger partial charge in [0.15, 0.2) is 0 Å². The van der Waals surface area contributed by atoms with E-state index in [0.717, 1.165) is 42.0 Å². The molecule has 5 rings (SSSR count). The Kier molecular flexibility index (Phi) is 5.42. The highest BCUT2D eigenvalue weighted by molar-refractivity contribution is 6.30. The summed E-state index contributed by atoms with van der Waals surface area (Å²) in [6.07, 6.45) is 1.62. The molecule has 6 nitrogen and oxygen atoms in total. The van der Waals surface area contributed by atoms with E-state index in [4.69, 9.17) is 21.4 Å². The number of carbonyl (C=O) groups is 1. The van der Waals surface area contributed by atoms with Crippen molar-refractivity contribution in [2.24, 2.45) is 0 Å². The third kappa shape index (κ3) is 3.82.